The van der Waals surface area contributed by atoms with Crippen LogP contribution in [-0.4, -0.2) is 73.7 Å². The van der Waals surface area contributed by atoms with Crippen LogP contribution in [0.5, 0.6) is 0 Å². The van der Waals surface area contributed by atoms with Crippen molar-refractivity contribution in [1.29, 1.82) is 0 Å². The number of ether oxygens (including phenoxy) is 5. The summed E-state index contributed by atoms with van der Waals surface area (Å²) in [5.41, 5.74) is 1.01. The number of rotatable bonds is 9. The van der Waals surface area contributed by atoms with Gasteiger partial charge in [-0.1, -0.05) is 30.3 Å². The van der Waals surface area contributed by atoms with Gasteiger partial charge in [0.25, 0.3) is 0 Å². The van der Waals surface area contributed by atoms with E-state index in [9.17, 15) is 24.0 Å². The van der Waals surface area contributed by atoms with E-state index in [4.69, 9.17) is 23.7 Å². The summed E-state index contributed by atoms with van der Waals surface area (Å²) in [5.74, 6) is -2.89. The topological polar surface area (TPSA) is 156 Å². The van der Waals surface area contributed by atoms with E-state index in [0.29, 0.717) is 13.0 Å². The predicted octanol–water partition coefficient (Wildman–Crippen LogP) is 0.611. The Morgan fingerprint density at radius 3 is 1.94 bits per heavy atom. The van der Waals surface area contributed by atoms with Gasteiger partial charge in [-0.15, -0.1) is 0 Å². The van der Waals surface area contributed by atoms with Gasteiger partial charge in [0.2, 0.25) is 0 Å². The Balaban J connectivity index is 2.22. The molecule has 0 unspecified atom stereocenters. The van der Waals surface area contributed by atoms with Gasteiger partial charge in [0.05, 0.1) is 0 Å². The van der Waals surface area contributed by atoms with E-state index in [0.717, 1.165) is 26.3 Å². The Hall–Kier alpha value is -3.67. The molecule has 0 bridgehead atoms. The normalized spacial score (nSPS) is 23.4. The smallest absolute Gasteiger partial charge is 0.316 e. The molecule has 2 amide bonds. The second kappa shape index (κ2) is 13.3. The number of nitrogens with one attached hydrogen (secondary N) is 2. The minimum absolute atomic E-state index is 0.293. The average molecular weight is 494 g/mol. The van der Waals surface area contributed by atoms with Crippen molar-refractivity contribution in [1.82, 2.24) is 10.6 Å². The molecule has 12 heteroatoms. The third kappa shape index (κ3) is 9.24. The predicted molar refractivity (Wildman–Crippen MR) is 119 cm³/mol. The van der Waals surface area contributed by atoms with Crippen molar-refractivity contribution in [2.24, 2.45) is 0 Å². The zero-order chi connectivity index (χ0) is 26.0. The zero-order valence-electron chi connectivity index (χ0n) is 20.0. The van der Waals surface area contributed by atoms with Gasteiger partial charge in [-0.05, 0) is 12.0 Å². The molecule has 192 valence electrons. The largest absolute Gasteiger partial charge is 0.463 e. The standard InChI is InChI=1S/C23H30N2O10/c1-13(26)31-12-18-19(32-14(2)27)20(33-15(3)28)21(34-16(4)29)22(35-18)25-23(30)24-11-10-17-8-6-5-7-9-17/h5-9,18-22H,10-12H2,1-4H3,(H2,24,25,30)/t18-,19+,20+,21-,22-/m1/s1. The van der Waals surface area contributed by atoms with Crippen LogP contribution in [0, 0.1) is 0 Å². The van der Waals surface area contributed by atoms with Gasteiger partial charge < -0.3 is 34.3 Å². The lowest BCUT2D eigenvalue weighted by molar-refractivity contribution is -0.255. The van der Waals surface area contributed by atoms with E-state index in [-0.39, 0.29) is 6.61 Å². The van der Waals surface area contributed by atoms with E-state index in [1.807, 2.05) is 30.3 Å². The molecule has 1 saturated heterocycles. The Kier molecular flexibility index (Phi) is 10.5. The van der Waals surface area contributed by atoms with Gasteiger partial charge in [-0.3, -0.25) is 19.2 Å². The van der Waals surface area contributed by atoms with Crippen LogP contribution in [0.1, 0.15) is 33.3 Å². The summed E-state index contributed by atoms with van der Waals surface area (Å²) < 4.78 is 26.7. The molecule has 12 nitrogen and oxygen atoms in total. The van der Waals surface area contributed by atoms with Crippen molar-refractivity contribution in [3.63, 3.8) is 0 Å². The lowest BCUT2D eigenvalue weighted by Crippen LogP contribution is -2.66. The Morgan fingerprint density at radius 2 is 1.37 bits per heavy atom. The molecule has 0 radical (unpaired) electrons. The summed E-state index contributed by atoms with van der Waals surface area (Å²) in [6.45, 7) is 4.44. The Morgan fingerprint density at radius 1 is 0.800 bits per heavy atom. The first-order chi connectivity index (χ1) is 16.6. The number of carbonyl (C=O) groups excluding carboxylic acids is 5. The maximum Gasteiger partial charge on any atom is 0.316 e. The zero-order valence-corrected chi connectivity index (χ0v) is 20.0. The van der Waals surface area contributed by atoms with E-state index >= 15 is 0 Å². The molecule has 1 heterocycles. The molecule has 0 aliphatic carbocycles. The summed E-state index contributed by atoms with van der Waals surface area (Å²) in [6.07, 6.45) is -5.93. The lowest BCUT2D eigenvalue weighted by Gasteiger charge is -2.44. The SMILES string of the molecule is CC(=O)OC[C@H]1O[C@@H](NC(=O)NCCc2ccccc2)[C@H](OC(C)=O)[C@@H](OC(C)=O)[C@H]1OC(C)=O. The number of hydrogen-bond acceptors (Lipinski definition) is 10. The number of amides is 2. The second-order valence-electron chi connectivity index (χ2n) is 7.76. The van der Waals surface area contributed by atoms with E-state index in [1.54, 1.807) is 0 Å². The van der Waals surface area contributed by atoms with Crippen molar-refractivity contribution < 1.29 is 47.7 Å². The monoisotopic (exact) mass is 494 g/mol. The van der Waals surface area contributed by atoms with E-state index in [2.05, 4.69) is 10.6 Å². The molecule has 2 rings (SSSR count). The van der Waals surface area contributed by atoms with Gasteiger partial charge in [0.1, 0.15) is 12.7 Å². The highest BCUT2D eigenvalue weighted by molar-refractivity contribution is 5.74. The minimum Gasteiger partial charge on any atom is -0.463 e. The highest BCUT2D eigenvalue weighted by Crippen LogP contribution is 2.28. The molecule has 2 N–H and O–H groups in total. The maximum atomic E-state index is 12.6. The van der Waals surface area contributed by atoms with E-state index < -0.39 is 60.6 Å². The summed E-state index contributed by atoms with van der Waals surface area (Å²) in [7, 11) is 0. The fourth-order valence-corrected chi connectivity index (χ4v) is 3.49. The van der Waals surface area contributed by atoms with Crippen molar-refractivity contribution in [3.05, 3.63) is 35.9 Å². The molecule has 35 heavy (non-hydrogen) atoms. The fraction of sp³-hybridized carbons (Fsp3) is 0.522. The third-order valence-corrected chi connectivity index (χ3v) is 4.81. The van der Waals surface area contributed by atoms with Crippen molar-refractivity contribution in [2.45, 2.75) is 64.8 Å². The molecule has 0 aromatic heterocycles. The molecular formula is C23H30N2O10. The fourth-order valence-electron chi connectivity index (χ4n) is 3.49. The molecule has 5 atom stereocenters. The van der Waals surface area contributed by atoms with Crippen LogP contribution < -0.4 is 10.6 Å². The minimum atomic E-state index is -1.37. The highest BCUT2D eigenvalue weighted by Gasteiger charge is 2.52. The van der Waals surface area contributed by atoms with Gasteiger partial charge in [0.15, 0.2) is 24.5 Å². The summed E-state index contributed by atoms with van der Waals surface area (Å²) in [5, 5.41) is 5.20. The van der Waals surface area contributed by atoms with Crippen LogP contribution in [0.4, 0.5) is 4.79 Å². The number of esters is 4. The van der Waals surface area contributed by atoms with Crippen LogP contribution in [0.15, 0.2) is 30.3 Å². The first-order valence-corrected chi connectivity index (χ1v) is 11.0. The quantitative estimate of drug-likeness (QED) is 0.368. The average Bonchev–Trinajstić information content (AvgIpc) is 2.76. The van der Waals surface area contributed by atoms with Gasteiger partial charge in [-0.2, -0.15) is 0 Å². The third-order valence-electron chi connectivity index (χ3n) is 4.81. The molecule has 1 aliphatic heterocycles. The molecule has 0 saturated carbocycles. The first-order valence-electron chi connectivity index (χ1n) is 11.0. The Labute approximate surface area is 202 Å². The lowest BCUT2D eigenvalue weighted by atomic mass is 9.97. The summed E-state index contributed by atoms with van der Waals surface area (Å²) in [6, 6.07) is 8.83. The highest BCUT2D eigenvalue weighted by atomic mass is 16.7. The van der Waals surface area contributed by atoms with Gasteiger partial charge >= 0.3 is 29.9 Å². The summed E-state index contributed by atoms with van der Waals surface area (Å²) in [4.78, 5) is 59.3. The Bertz CT molecular complexity index is 907. The molecule has 1 aromatic carbocycles. The van der Waals surface area contributed by atoms with Gasteiger partial charge in [0, 0.05) is 34.2 Å². The first kappa shape index (κ1) is 27.6. The van der Waals surface area contributed by atoms with Crippen molar-refractivity contribution in [2.75, 3.05) is 13.2 Å². The maximum absolute atomic E-state index is 12.6. The molecule has 1 fully saturated rings. The molecule has 1 aliphatic rings. The summed E-state index contributed by atoms with van der Waals surface area (Å²) >= 11 is 0. The molecule has 0 spiro atoms. The molecule has 1 aromatic rings. The number of benzene rings is 1. The number of carbonyl (C=O) groups is 5. The van der Waals surface area contributed by atoms with Crippen molar-refractivity contribution in [3.8, 4) is 0 Å². The van der Waals surface area contributed by atoms with Crippen LogP contribution in [0.2, 0.25) is 0 Å². The van der Waals surface area contributed by atoms with Crippen LogP contribution in [0.3, 0.4) is 0 Å². The second-order valence-corrected chi connectivity index (χ2v) is 7.76. The van der Waals surface area contributed by atoms with Crippen LogP contribution in [-0.2, 0) is 49.3 Å². The number of urea groups is 1. The number of hydrogen-bond donors (Lipinski definition) is 2. The molecular weight excluding hydrogens is 464 g/mol. The van der Waals surface area contributed by atoms with Crippen LogP contribution >= 0.6 is 0 Å². The van der Waals surface area contributed by atoms with Crippen LogP contribution in [0.25, 0.3) is 0 Å². The van der Waals surface area contributed by atoms with Crippen molar-refractivity contribution >= 4 is 29.9 Å². The van der Waals surface area contributed by atoms with E-state index in [1.165, 1.54) is 6.92 Å². The van der Waals surface area contributed by atoms with Gasteiger partial charge in [-0.25, -0.2) is 4.79 Å².